The largest absolute Gasteiger partial charge is 0.381 e. The number of rotatable bonds is 7. The lowest BCUT2D eigenvalue weighted by Crippen LogP contribution is -2.38. The first kappa shape index (κ1) is 22.1. The first-order valence-corrected chi connectivity index (χ1v) is 11.5. The number of hydrogen-bond donors (Lipinski definition) is 0. The normalized spacial score (nSPS) is 11.9. The summed E-state index contributed by atoms with van der Waals surface area (Å²) in [5, 5.41) is 6.52. The van der Waals surface area contributed by atoms with Crippen LogP contribution < -0.4 is 0 Å². The Morgan fingerprint density at radius 1 is 0.853 bits per heavy atom. The van der Waals surface area contributed by atoms with Gasteiger partial charge in [-0.25, -0.2) is 9.67 Å². The van der Waals surface area contributed by atoms with Crippen LogP contribution in [0.4, 0.5) is 0 Å². The zero-order chi connectivity index (χ0) is 23.4. The van der Waals surface area contributed by atoms with E-state index < -0.39 is 5.54 Å². The maximum absolute atomic E-state index is 6.42. The van der Waals surface area contributed by atoms with Crippen molar-refractivity contribution in [1.82, 2.24) is 14.8 Å². The van der Waals surface area contributed by atoms with Crippen LogP contribution in [0.1, 0.15) is 22.4 Å². The summed E-state index contributed by atoms with van der Waals surface area (Å²) in [7, 11) is 1.67. The van der Waals surface area contributed by atoms with Gasteiger partial charge in [0.05, 0.1) is 17.8 Å². The predicted octanol–water partition coefficient (Wildman–Crippen LogP) is 6.58. The molecule has 2 aromatic heterocycles. The van der Waals surface area contributed by atoms with Crippen molar-refractivity contribution in [2.75, 3.05) is 13.7 Å². The quantitative estimate of drug-likeness (QED) is 0.201. The molecule has 168 valence electrons. The second kappa shape index (κ2) is 9.64. The Balaban J connectivity index is 1.94. The smallest absolute Gasteiger partial charge is 0.138 e. The summed E-state index contributed by atoms with van der Waals surface area (Å²) >= 11 is 6.42. The minimum absolute atomic E-state index is 0.421. The van der Waals surface area contributed by atoms with Crippen molar-refractivity contribution in [2.45, 2.75) is 5.54 Å². The van der Waals surface area contributed by atoms with Crippen molar-refractivity contribution in [2.24, 2.45) is 0 Å². The molecule has 3 aromatic carbocycles. The number of fused-ring (bicyclic) bond motifs is 1. The van der Waals surface area contributed by atoms with Gasteiger partial charge in [-0.3, -0.25) is 0 Å². The number of methoxy groups -OCH3 is 1. The van der Waals surface area contributed by atoms with E-state index in [9.17, 15) is 0 Å². The van der Waals surface area contributed by atoms with Crippen LogP contribution in [0, 0.1) is 0 Å². The zero-order valence-corrected chi connectivity index (χ0v) is 19.6. The molecule has 0 radical (unpaired) electrons. The maximum atomic E-state index is 6.42. The number of ether oxygens (including phenoxy) is 1. The molecule has 0 saturated heterocycles. The molecule has 0 aliphatic heterocycles. The second-order valence-corrected chi connectivity index (χ2v) is 8.37. The fourth-order valence-corrected chi connectivity index (χ4v) is 4.70. The van der Waals surface area contributed by atoms with Crippen LogP contribution >= 0.6 is 11.6 Å². The Hall–Kier alpha value is -3.73. The fourth-order valence-electron chi connectivity index (χ4n) is 4.55. The van der Waals surface area contributed by atoms with E-state index in [2.05, 4.69) is 82.5 Å². The van der Waals surface area contributed by atoms with E-state index in [0.29, 0.717) is 11.8 Å². The lowest BCUT2D eigenvalue weighted by molar-refractivity contribution is 0.234. The maximum Gasteiger partial charge on any atom is 0.138 e. The molecule has 2 heterocycles. The van der Waals surface area contributed by atoms with Crippen LogP contribution in [0.5, 0.6) is 0 Å². The van der Waals surface area contributed by atoms with Crippen molar-refractivity contribution >= 4 is 28.6 Å². The first-order chi connectivity index (χ1) is 16.7. The van der Waals surface area contributed by atoms with Gasteiger partial charge in [0.15, 0.2) is 0 Å². The minimum Gasteiger partial charge on any atom is -0.381 e. The van der Waals surface area contributed by atoms with Gasteiger partial charge in [0.2, 0.25) is 0 Å². The van der Waals surface area contributed by atoms with Gasteiger partial charge in [-0.15, -0.1) is 0 Å². The Kier molecular flexibility index (Phi) is 6.26. The molecule has 0 N–H and O–H groups in total. The molecular formula is C29H24ClN3O. The third kappa shape index (κ3) is 3.81. The van der Waals surface area contributed by atoms with Gasteiger partial charge >= 0.3 is 0 Å². The summed E-state index contributed by atoms with van der Waals surface area (Å²) in [5.74, 6) is 0. The van der Waals surface area contributed by atoms with Gasteiger partial charge in [-0.2, -0.15) is 5.10 Å². The summed E-state index contributed by atoms with van der Waals surface area (Å²) < 4.78 is 7.30. The van der Waals surface area contributed by atoms with Gasteiger partial charge in [0.25, 0.3) is 0 Å². The van der Waals surface area contributed by atoms with E-state index in [0.717, 1.165) is 33.3 Å². The molecule has 0 amide bonds. The molecule has 0 bridgehead atoms. The number of halogens is 1. The summed E-state index contributed by atoms with van der Waals surface area (Å²) in [6.07, 6.45) is 5.72. The highest BCUT2D eigenvalue weighted by atomic mass is 35.5. The van der Waals surface area contributed by atoms with Crippen molar-refractivity contribution in [3.05, 3.63) is 137 Å². The summed E-state index contributed by atoms with van der Waals surface area (Å²) in [4.78, 5) is 4.36. The Morgan fingerprint density at radius 2 is 1.38 bits per heavy atom. The van der Waals surface area contributed by atoms with Gasteiger partial charge < -0.3 is 4.74 Å². The highest BCUT2D eigenvalue weighted by molar-refractivity contribution is 6.30. The Bertz CT molecular complexity index is 1320. The van der Waals surface area contributed by atoms with E-state index in [1.807, 2.05) is 36.4 Å². The highest BCUT2D eigenvalue weighted by Crippen LogP contribution is 2.42. The highest BCUT2D eigenvalue weighted by Gasteiger charge is 2.40. The number of nitrogens with zero attached hydrogens (tertiary/aromatic N) is 3. The minimum atomic E-state index is -0.736. The monoisotopic (exact) mass is 465 g/mol. The lowest BCUT2D eigenvalue weighted by atomic mass is 9.77. The zero-order valence-electron chi connectivity index (χ0n) is 18.8. The third-order valence-electron chi connectivity index (χ3n) is 5.99. The molecule has 4 nitrogen and oxygen atoms in total. The van der Waals surface area contributed by atoms with E-state index in [4.69, 9.17) is 21.4 Å². The van der Waals surface area contributed by atoms with Gasteiger partial charge in [0.1, 0.15) is 10.7 Å². The van der Waals surface area contributed by atoms with Gasteiger partial charge in [-0.1, -0.05) is 109 Å². The third-order valence-corrected chi connectivity index (χ3v) is 6.20. The van der Waals surface area contributed by atoms with Crippen LogP contribution in [0.3, 0.4) is 0 Å². The van der Waals surface area contributed by atoms with E-state index in [1.54, 1.807) is 13.3 Å². The van der Waals surface area contributed by atoms with Crippen molar-refractivity contribution in [3.63, 3.8) is 0 Å². The van der Waals surface area contributed by atoms with Crippen LogP contribution in [-0.4, -0.2) is 28.5 Å². The fraction of sp³-hybridized carbons (Fsp3) is 0.103. The van der Waals surface area contributed by atoms with Crippen LogP contribution in [0.2, 0.25) is 5.15 Å². The molecular weight excluding hydrogens is 442 g/mol. The molecule has 5 aromatic rings. The molecule has 0 aliphatic carbocycles. The molecule has 5 heteroatoms. The SMILES string of the molecule is COCC=Cc1nn(C(c2ccccc2)(c2ccccc2)c2ccccc2)c2cc(Cl)ncc12. The van der Waals surface area contributed by atoms with E-state index in [-0.39, 0.29) is 0 Å². The van der Waals surface area contributed by atoms with Crippen molar-refractivity contribution in [3.8, 4) is 0 Å². The molecule has 0 saturated carbocycles. The predicted molar refractivity (Wildman–Crippen MR) is 138 cm³/mol. The molecule has 0 atom stereocenters. The number of hydrogen-bond acceptors (Lipinski definition) is 3. The molecule has 0 spiro atoms. The summed E-state index contributed by atoms with van der Waals surface area (Å²) in [6, 6.07) is 33.3. The Labute approximate surface area is 204 Å². The number of pyridine rings is 1. The Morgan fingerprint density at radius 3 is 1.88 bits per heavy atom. The topological polar surface area (TPSA) is 39.9 Å². The van der Waals surface area contributed by atoms with E-state index >= 15 is 0 Å². The van der Waals surface area contributed by atoms with Crippen molar-refractivity contribution < 1.29 is 4.74 Å². The molecule has 34 heavy (non-hydrogen) atoms. The van der Waals surface area contributed by atoms with Gasteiger partial charge in [-0.05, 0) is 22.8 Å². The molecule has 0 aliphatic rings. The van der Waals surface area contributed by atoms with E-state index in [1.165, 1.54) is 0 Å². The van der Waals surface area contributed by atoms with Crippen molar-refractivity contribution in [1.29, 1.82) is 0 Å². The molecule has 0 fully saturated rings. The number of aromatic nitrogens is 3. The van der Waals surface area contributed by atoms with Crippen LogP contribution in [0.15, 0.2) is 109 Å². The summed E-state index contributed by atoms with van der Waals surface area (Å²) in [6.45, 7) is 0.497. The second-order valence-electron chi connectivity index (χ2n) is 7.99. The first-order valence-electron chi connectivity index (χ1n) is 11.1. The van der Waals surface area contributed by atoms with Crippen LogP contribution in [0.25, 0.3) is 17.0 Å². The average Bonchev–Trinajstić information content (AvgIpc) is 3.24. The standard InChI is InChI=1S/C29H24ClN3O/c1-34-19-11-18-26-25-21-31-28(30)20-27(25)33(32-26)29(22-12-5-2-6-13-22,23-14-7-3-8-15-23)24-16-9-4-10-17-24/h2-18,20-21H,19H2,1H3. The summed E-state index contributed by atoms with van der Waals surface area (Å²) in [5.41, 5.74) is 4.25. The molecule has 5 rings (SSSR count). The average molecular weight is 466 g/mol. The van der Waals surface area contributed by atoms with Crippen LogP contribution in [-0.2, 0) is 10.3 Å². The molecule has 0 unspecified atom stereocenters. The lowest BCUT2D eigenvalue weighted by Gasteiger charge is -2.37. The number of benzene rings is 3. The van der Waals surface area contributed by atoms with Gasteiger partial charge in [0, 0.05) is 24.8 Å².